The van der Waals surface area contributed by atoms with Crippen molar-refractivity contribution in [3.05, 3.63) is 69.5 Å². The van der Waals surface area contributed by atoms with Crippen LogP contribution in [0.2, 0.25) is 10.0 Å². The lowest BCUT2D eigenvalue weighted by Crippen LogP contribution is -2.19. The van der Waals surface area contributed by atoms with Gasteiger partial charge in [-0.2, -0.15) is 0 Å². The van der Waals surface area contributed by atoms with Crippen LogP contribution in [0.5, 0.6) is 0 Å². The van der Waals surface area contributed by atoms with Crippen LogP contribution in [0.3, 0.4) is 0 Å². The molecule has 1 atom stereocenters. The van der Waals surface area contributed by atoms with E-state index >= 15 is 0 Å². The Morgan fingerprint density at radius 1 is 1.16 bits per heavy atom. The molecule has 2 aromatic carbocycles. The molecule has 1 nitrogen and oxygen atoms in total. The van der Waals surface area contributed by atoms with Gasteiger partial charge in [-0.1, -0.05) is 47.5 Å². The summed E-state index contributed by atoms with van der Waals surface area (Å²) >= 11 is 12.2. The van der Waals surface area contributed by atoms with Crippen LogP contribution in [0.1, 0.15) is 17.2 Å². The molecule has 0 radical (unpaired) electrons. The SMILES string of the molecule is CNC(Cc1cccc(Cl)c1Cl)c1cccc(F)c1. The van der Waals surface area contributed by atoms with Gasteiger partial charge in [0.15, 0.2) is 0 Å². The van der Waals surface area contributed by atoms with Crippen molar-refractivity contribution in [2.24, 2.45) is 0 Å². The number of rotatable bonds is 4. The summed E-state index contributed by atoms with van der Waals surface area (Å²) in [5, 5.41) is 4.26. The normalized spacial score (nSPS) is 12.4. The highest BCUT2D eigenvalue weighted by Crippen LogP contribution is 2.29. The summed E-state index contributed by atoms with van der Waals surface area (Å²) in [6.07, 6.45) is 0.652. The number of hydrogen-bond acceptors (Lipinski definition) is 1. The standard InChI is InChI=1S/C15H14Cl2FN/c1-19-14(10-4-2-6-12(18)8-10)9-11-5-3-7-13(16)15(11)17/h2-8,14,19H,9H2,1H3. The van der Waals surface area contributed by atoms with Gasteiger partial charge < -0.3 is 5.32 Å². The van der Waals surface area contributed by atoms with Crippen LogP contribution >= 0.6 is 23.2 Å². The van der Waals surface area contributed by atoms with Gasteiger partial charge in [-0.3, -0.25) is 0 Å². The van der Waals surface area contributed by atoms with E-state index in [0.29, 0.717) is 16.5 Å². The van der Waals surface area contributed by atoms with Gasteiger partial charge in [-0.25, -0.2) is 4.39 Å². The molecule has 0 saturated carbocycles. The fourth-order valence-electron chi connectivity index (χ4n) is 2.04. The summed E-state index contributed by atoms with van der Waals surface area (Å²) in [6, 6.07) is 12.1. The van der Waals surface area contributed by atoms with Crippen LogP contribution in [0.25, 0.3) is 0 Å². The molecule has 0 heterocycles. The second-order valence-corrected chi connectivity index (χ2v) is 5.10. The highest BCUT2D eigenvalue weighted by atomic mass is 35.5. The Balaban J connectivity index is 2.26. The largest absolute Gasteiger partial charge is 0.313 e. The van der Waals surface area contributed by atoms with Gasteiger partial charge in [-0.15, -0.1) is 0 Å². The van der Waals surface area contributed by atoms with Crippen molar-refractivity contribution in [3.63, 3.8) is 0 Å². The van der Waals surface area contributed by atoms with Gasteiger partial charge in [-0.05, 0) is 42.8 Å². The molecule has 0 aliphatic rings. The Hall–Kier alpha value is -1.09. The molecule has 0 aliphatic carbocycles. The topological polar surface area (TPSA) is 12.0 Å². The molecule has 0 aromatic heterocycles. The summed E-state index contributed by atoms with van der Waals surface area (Å²) in [5.74, 6) is -0.241. The van der Waals surface area contributed by atoms with Crippen molar-refractivity contribution in [1.82, 2.24) is 5.32 Å². The summed E-state index contributed by atoms with van der Waals surface area (Å²) in [5.41, 5.74) is 1.83. The Bertz CT molecular complexity index is 572. The van der Waals surface area contributed by atoms with Crippen LogP contribution in [0.4, 0.5) is 4.39 Å². The minimum atomic E-state index is -0.241. The van der Waals surface area contributed by atoms with Crippen LogP contribution < -0.4 is 5.32 Å². The van der Waals surface area contributed by atoms with E-state index in [-0.39, 0.29) is 11.9 Å². The zero-order valence-electron chi connectivity index (χ0n) is 10.5. The van der Waals surface area contributed by atoms with E-state index in [1.54, 1.807) is 12.1 Å². The highest BCUT2D eigenvalue weighted by Gasteiger charge is 2.13. The average Bonchev–Trinajstić information content (AvgIpc) is 2.40. The third kappa shape index (κ3) is 3.47. The quantitative estimate of drug-likeness (QED) is 0.867. The predicted octanol–water partition coefficient (Wildman–Crippen LogP) is 4.64. The molecule has 1 N–H and O–H groups in total. The number of nitrogens with one attached hydrogen (secondary N) is 1. The lowest BCUT2D eigenvalue weighted by atomic mass is 9.99. The molecule has 0 aliphatic heterocycles. The van der Waals surface area contributed by atoms with Gasteiger partial charge in [0.05, 0.1) is 10.0 Å². The van der Waals surface area contributed by atoms with Crippen molar-refractivity contribution < 1.29 is 4.39 Å². The maximum Gasteiger partial charge on any atom is 0.123 e. The van der Waals surface area contributed by atoms with Gasteiger partial charge in [0.1, 0.15) is 5.82 Å². The minimum absolute atomic E-state index is 0.00772. The molecule has 0 bridgehead atoms. The molecule has 2 rings (SSSR count). The highest BCUT2D eigenvalue weighted by molar-refractivity contribution is 6.42. The third-order valence-electron chi connectivity index (χ3n) is 3.06. The first-order chi connectivity index (χ1) is 9.11. The molecule has 1 unspecified atom stereocenters. The Morgan fingerprint density at radius 2 is 1.89 bits per heavy atom. The summed E-state index contributed by atoms with van der Waals surface area (Å²) in [7, 11) is 1.84. The van der Waals surface area contributed by atoms with Gasteiger partial charge in [0, 0.05) is 6.04 Å². The van der Waals surface area contributed by atoms with Crippen molar-refractivity contribution in [2.75, 3.05) is 7.05 Å². The predicted molar refractivity (Wildman–Crippen MR) is 78.4 cm³/mol. The first kappa shape index (κ1) is 14.3. The average molecular weight is 298 g/mol. The van der Waals surface area contributed by atoms with E-state index in [2.05, 4.69) is 5.32 Å². The van der Waals surface area contributed by atoms with Crippen LogP contribution in [0, 0.1) is 5.82 Å². The first-order valence-electron chi connectivity index (χ1n) is 5.97. The number of halogens is 3. The fraction of sp³-hybridized carbons (Fsp3) is 0.200. The molecule has 2 aromatic rings. The second-order valence-electron chi connectivity index (χ2n) is 4.31. The molecule has 19 heavy (non-hydrogen) atoms. The fourth-order valence-corrected chi connectivity index (χ4v) is 2.43. The van der Waals surface area contributed by atoms with E-state index in [1.165, 1.54) is 12.1 Å². The number of likely N-dealkylation sites (N-methyl/N-ethyl adjacent to an activating group) is 1. The maximum atomic E-state index is 13.3. The van der Waals surface area contributed by atoms with Crippen LogP contribution in [0.15, 0.2) is 42.5 Å². The van der Waals surface area contributed by atoms with Crippen LogP contribution in [-0.4, -0.2) is 7.05 Å². The zero-order chi connectivity index (χ0) is 13.8. The van der Waals surface area contributed by atoms with E-state index in [4.69, 9.17) is 23.2 Å². The third-order valence-corrected chi connectivity index (χ3v) is 3.91. The smallest absolute Gasteiger partial charge is 0.123 e. The van der Waals surface area contributed by atoms with Crippen LogP contribution in [-0.2, 0) is 6.42 Å². The van der Waals surface area contributed by atoms with Gasteiger partial charge in [0.2, 0.25) is 0 Å². The second kappa shape index (κ2) is 6.38. The van der Waals surface area contributed by atoms with E-state index < -0.39 is 0 Å². The van der Waals surface area contributed by atoms with Crippen molar-refractivity contribution in [3.8, 4) is 0 Å². The maximum absolute atomic E-state index is 13.3. The van der Waals surface area contributed by atoms with Gasteiger partial charge >= 0.3 is 0 Å². The number of hydrogen-bond donors (Lipinski definition) is 1. The molecule has 0 fully saturated rings. The molecular formula is C15H14Cl2FN. The molecule has 0 spiro atoms. The molecule has 0 amide bonds. The molecule has 0 saturated heterocycles. The Morgan fingerprint density at radius 3 is 2.58 bits per heavy atom. The lowest BCUT2D eigenvalue weighted by molar-refractivity contribution is 0.577. The van der Waals surface area contributed by atoms with E-state index in [9.17, 15) is 4.39 Å². The Labute approximate surface area is 122 Å². The van der Waals surface area contributed by atoms with E-state index in [1.807, 2.05) is 25.2 Å². The summed E-state index contributed by atoms with van der Waals surface area (Å²) in [4.78, 5) is 0. The monoisotopic (exact) mass is 297 g/mol. The molecular weight excluding hydrogens is 284 g/mol. The first-order valence-corrected chi connectivity index (χ1v) is 6.73. The van der Waals surface area contributed by atoms with Gasteiger partial charge in [0.25, 0.3) is 0 Å². The summed E-state index contributed by atoms with van der Waals surface area (Å²) < 4.78 is 13.3. The van der Waals surface area contributed by atoms with Crippen molar-refractivity contribution >= 4 is 23.2 Å². The zero-order valence-corrected chi connectivity index (χ0v) is 12.0. The summed E-state index contributed by atoms with van der Waals surface area (Å²) in [6.45, 7) is 0. The Kier molecular flexibility index (Phi) is 4.81. The van der Waals surface area contributed by atoms with Crippen molar-refractivity contribution in [2.45, 2.75) is 12.5 Å². The minimum Gasteiger partial charge on any atom is -0.313 e. The molecule has 4 heteroatoms. The molecule has 100 valence electrons. The van der Waals surface area contributed by atoms with Crippen molar-refractivity contribution in [1.29, 1.82) is 0 Å². The lowest BCUT2D eigenvalue weighted by Gasteiger charge is -2.18. The number of benzene rings is 2. The van der Waals surface area contributed by atoms with E-state index in [0.717, 1.165) is 11.1 Å².